The highest BCUT2D eigenvalue weighted by molar-refractivity contribution is 7.99. The third-order valence-electron chi connectivity index (χ3n) is 6.99. The first-order valence-electron chi connectivity index (χ1n) is 13.2. The number of nitrogens with zero attached hydrogens (tertiary/aromatic N) is 1. The van der Waals surface area contributed by atoms with Crippen molar-refractivity contribution >= 4 is 29.3 Å². The van der Waals surface area contributed by atoms with Gasteiger partial charge >= 0.3 is 5.97 Å². The van der Waals surface area contributed by atoms with Gasteiger partial charge < -0.3 is 25.0 Å². The molecule has 1 amide bonds. The van der Waals surface area contributed by atoms with Gasteiger partial charge in [-0.3, -0.25) is 4.79 Å². The molecule has 0 radical (unpaired) electrons. The average Bonchev–Trinajstić information content (AvgIpc) is 3.01. The molecule has 5 rings (SSSR count). The number of carboxylic acid groups (broad SMARTS) is 1. The SMILES string of the molecule is C[C@H]1[C@@H](CSc2ncccc2C(=O)O)O[C@@H](c2ccc(NC(=O)c3ccccc3)cc2)O[C@H]1c1ccc(CO)cc1. The van der Waals surface area contributed by atoms with Gasteiger partial charge in [-0.2, -0.15) is 0 Å². The summed E-state index contributed by atoms with van der Waals surface area (Å²) in [6.45, 7) is 2.00. The molecule has 0 saturated carbocycles. The number of rotatable bonds is 9. The van der Waals surface area contributed by atoms with E-state index in [1.807, 2.05) is 73.7 Å². The van der Waals surface area contributed by atoms with Crippen LogP contribution in [0.4, 0.5) is 5.69 Å². The van der Waals surface area contributed by atoms with Crippen molar-refractivity contribution < 1.29 is 29.3 Å². The van der Waals surface area contributed by atoms with Crippen LogP contribution in [0.2, 0.25) is 0 Å². The van der Waals surface area contributed by atoms with E-state index in [1.165, 1.54) is 11.8 Å². The van der Waals surface area contributed by atoms with Crippen molar-refractivity contribution in [1.82, 2.24) is 4.98 Å². The number of thioether (sulfide) groups is 1. The van der Waals surface area contributed by atoms with Crippen LogP contribution in [0.3, 0.4) is 0 Å². The van der Waals surface area contributed by atoms with Gasteiger partial charge in [0.1, 0.15) is 5.03 Å². The number of anilines is 1. The topological polar surface area (TPSA) is 118 Å². The number of aromatic nitrogens is 1. The quantitative estimate of drug-likeness (QED) is 0.206. The zero-order chi connectivity index (χ0) is 28.8. The number of aromatic carboxylic acids is 1. The Kier molecular flexibility index (Phi) is 9.11. The van der Waals surface area contributed by atoms with Gasteiger partial charge in [-0.1, -0.05) is 61.5 Å². The van der Waals surface area contributed by atoms with Crippen molar-refractivity contribution in [2.45, 2.75) is 37.1 Å². The summed E-state index contributed by atoms with van der Waals surface area (Å²) in [7, 11) is 0. The van der Waals surface area contributed by atoms with Crippen LogP contribution < -0.4 is 5.32 Å². The molecule has 210 valence electrons. The van der Waals surface area contributed by atoms with Crippen molar-refractivity contribution in [2.75, 3.05) is 11.1 Å². The normalized spacial score (nSPS) is 20.3. The molecule has 1 aliphatic rings. The summed E-state index contributed by atoms with van der Waals surface area (Å²) in [5, 5.41) is 22.4. The summed E-state index contributed by atoms with van der Waals surface area (Å²) in [6.07, 6.45) is 0.283. The number of carbonyl (C=O) groups excluding carboxylic acids is 1. The summed E-state index contributed by atoms with van der Waals surface area (Å²) < 4.78 is 12.9. The number of hydrogen-bond donors (Lipinski definition) is 3. The lowest BCUT2D eigenvalue weighted by atomic mass is 9.91. The molecular weight excluding hydrogens is 540 g/mol. The third-order valence-corrected chi connectivity index (χ3v) is 8.08. The lowest BCUT2D eigenvalue weighted by Crippen LogP contribution is -2.38. The Bertz CT molecular complexity index is 1480. The maximum Gasteiger partial charge on any atom is 0.338 e. The smallest absolute Gasteiger partial charge is 0.338 e. The van der Waals surface area contributed by atoms with Crippen LogP contribution >= 0.6 is 11.8 Å². The van der Waals surface area contributed by atoms with Crippen LogP contribution in [-0.4, -0.2) is 38.9 Å². The summed E-state index contributed by atoms with van der Waals surface area (Å²) in [5.74, 6) is -0.827. The van der Waals surface area contributed by atoms with Gasteiger partial charge in [-0.05, 0) is 47.5 Å². The van der Waals surface area contributed by atoms with Gasteiger partial charge in [0.15, 0.2) is 6.29 Å². The molecule has 4 aromatic rings. The Morgan fingerprint density at radius 3 is 2.29 bits per heavy atom. The Labute approximate surface area is 242 Å². The largest absolute Gasteiger partial charge is 0.478 e. The number of carboxylic acids is 1. The molecule has 2 heterocycles. The van der Waals surface area contributed by atoms with Gasteiger partial charge in [-0.25, -0.2) is 9.78 Å². The maximum absolute atomic E-state index is 12.6. The summed E-state index contributed by atoms with van der Waals surface area (Å²) in [5.41, 5.74) is 3.91. The molecule has 3 N–H and O–H groups in total. The summed E-state index contributed by atoms with van der Waals surface area (Å²) in [6, 6.07) is 27.1. The number of pyridine rings is 1. The second-order valence-electron chi connectivity index (χ2n) is 9.74. The molecule has 3 aromatic carbocycles. The number of ether oxygens (including phenoxy) is 2. The molecule has 1 saturated heterocycles. The first kappa shape index (κ1) is 28.5. The lowest BCUT2D eigenvalue weighted by Gasteiger charge is -2.41. The van der Waals surface area contributed by atoms with E-state index in [9.17, 15) is 19.8 Å². The number of aliphatic hydroxyl groups is 1. The molecule has 0 bridgehead atoms. The van der Waals surface area contributed by atoms with Crippen LogP contribution in [0.1, 0.15) is 56.7 Å². The van der Waals surface area contributed by atoms with Crippen molar-refractivity contribution in [2.24, 2.45) is 5.92 Å². The molecule has 4 atom stereocenters. The molecule has 9 heteroatoms. The van der Waals surface area contributed by atoms with E-state index in [-0.39, 0.29) is 36.2 Å². The molecule has 1 aromatic heterocycles. The van der Waals surface area contributed by atoms with Crippen molar-refractivity contribution in [3.05, 3.63) is 125 Å². The maximum atomic E-state index is 12.6. The minimum atomic E-state index is -1.03. The van der Waals surface area contributed by atoms with Crippen LogP contribution in [0.25, 0.3) is 0 Å². The van der Waals surface area contributed by atoms with Crippen LogP contribution in [0.5, 0.6) is 0 Å². The second-order valence-corrected chi connectivity index (χ2v) is 10.7. The van der Waals surface area contributed by atoms with E-state index in [0.29, 0.717) is 22.0 Å². The number of aliphatic hydroxyl groups excluding tert-OH is 1. The Morgan fingerprint density at radius 2 is 1.61 bits per heavy atom. The monoisotopic (exact) mass is 570 g/mol. The number of nitrogens with one attached hydrogen (secondary N) is 1. The fourth-order valence-corrected chi connectivity index (χ4v) is 5.81. The van der Waals surface area contributed by atoms with Crippen LogP contribution in [0, 0.1) is 5.92 Å². The van der Waals surface area contributed by atoms with E-state index in [0.717, 1.165) is 16.7 Å². The fraction of sp³-hybridized carbons (Fsp3) is 0.219. The van der Waals surface area contributed by atoms with Crippen molar-refractivity contribution in [3.8, 4) is 0 Å². The minimum absolute atomic E-state index is 0.0461. The molecule has 0 aliphatic carbocycles. The predicted octanol–water partition coefficient (Wildman–Crippen LogP) is 6.11. The van der Waals surface area contributed by atoms with Crippen molar-refractivity contribution in [3.63, 3.8) is 0 Å². The zero-order valence-electron chi connectivity index (χ0n) is 22.3. The zero-order valence-corrected chi connectivity index (χ0v) is 23.2. The number of benzene rings is 3. The average molecular weight is 571 g/mol. The van der Waals surface area contributed by atoms with Crippen molar-refractivity contribution in [1.29, 1.82) is 0 Å². The molecule has 0 spiro atoms. The number of amides is 1. The van der Waals surface area contributed by atoms with Gasteiger partial charge in [0.2, 0.25) is 0 Å². The third kappa shape index (κ3) is 6.83. The summed E-state index contributed by atoms with van der Waals surface area (Å²) >= 11 is 1.34. The van der Waals surface area contributed by atoms with Gasteiger partial charge in [0, 0.05) is 34.7 Å². The van der Waals surface area contributed by atoms with E-state index >= 15 is 0 Å². The van der Waals surface area contributed by atoms with Gasteiger partial charge in [0.25, 0.3) is 5.91 Å². The second kappa shape index (κ2) is 13.1. The van der Waals surface area contributed by atoms with Gasteiger partial charge in [0.05, 0.1) is 24.4 Å². The number of carbonyl (C=O) groups is 2. The highest BCUT2D eigenvalue weighted by atomic mass is 32.2. The molecule has 1 aliphatic heterocycles. The lowest BCUT2D eigenvalue weighted by molar-refractivity contribution is -0.268. The highest BCUT2D eigenvalue weighted by Crippen LogP contribution is 2.43. The summed E-state index contributed by atoms with van der Waals surface area (Å²) in [4.78, 5) is 28.5. The minimum Gasteiger partial charge on any atom is -0.478 e. The molecule has 41 heavy (non-hydrogen) atoms. The molecule has 0 unspecified atom stereocenters. The van der Waals surface area contributed by atoms with E-state index < -0.39 is 12.3 Å². The van der Waals surface area contributed by atoms with Gasteiger partial charge in [-0.15, -0.1) is 11.8 Å². The standard InChI is InChI=1S/C32H30N2O6S/c1-20-27(19-41-30-26(31(37)38)8-5-17-33-30)39-32(40-28(20)22-11-9-21(18-35)10-12-22)24-13-15-25(16-14-24)34-29(36)23-6-3-2-4-7-23/h2-17,20,27-28,32,35H,18-19H2,1H3,(H,34,36)(H,37,38)/t20-,27+,28+,32+/m0/s1. The molecule has 8 nitrogen and oxygen atoms in total. The predicted molar refractivity (Wildman–Crippen MR) is 156 cm³/mol. The molecule has 1 fully saturated rings. The Morgan fingerprint density at radius 1 is 0.902 bits per heavy atom. The van der Waals surface area contributed by atoms with E-state index in [2.05, 4.69) is 10.3 Å². The Balaban J connectivity index is 1.36. The number of hydrogen-bond acceptors (Lipinski definition) is 7. The fourth-order valence-electron chi connectivity index (χ4n) is 4.66. The first-order chi connectivity index (χ1) is 19.9. The van der Waals surface area contributed by atoms with Crippen LogP contribution in [0.15, 0.2) is 102 Å². The van der Waals surface area contributed by atoms with E-state index in [4.69, 9.17) is 9.47 Å². The highest BCUT2D eigenvalue weighted by Gasteiger charge is 2.38. The Hall–Kier alpha value is -4.02. The van der Waals surface area contributed by atoms with Crippen LogP contribution in [-0.2, 0) is 16.1 Å². The molecular formula is C32H30N2O6S. The first-order valence-corrected chi connectivity index (χ1v) is 14.2. The van der Waals surface area contributed by atoms with E-state index in [1.54, 1.807) is 30.5 Å².